The zero-order valence-electron chi connectivity index (χ0n) is 18.7. The van der Waals surface area contributed by atoms with Crippen molar-refractivity contribution in [3.8, 4) is 23.0 Å². The van der Waals surface area contributed by atoms with Crippen molar-refractivity contribution in [3.63, 3.8) is 0 Å². The quantitative estimate of drug-likeness (QED) is 0.446. The molecule has 0 radical (unpaired) electrons. The van der Waals surface area contributed by atoms with Crippen molar-refractivity contribution >= 4 is 17.5 Å². The molecule has 5 rings (SSSR count). The maximum Gasteiger partial charge on any atom is 0.459 e. The van der Waals surface area contributed by atoms with E-state index in [0.717, 1.165) is 4.68 Å². The van der Waals surface area contributed by atoms with Crippen LogP contribution in [-0.2, 0) is 13.0 Å². The molecule has 0 bridgehead atoms. The summed E-state index contributed by atoms with van der Waals surface area (Å²) < 4.78 is 70.2. The predicted octanol–water partition coefficient (Wildman–Crippen LogP) is 5.24. The molecule has 2 fully saturated rings. The number of hydrogen-bond donors (Lipinski definition) is 1. The summed E-state index contributed by atoms with van der Waals surface area (Å²) in [5.74, 6) is -6.10. The van der Waals surface area contributed by atoms with Gasteiger partial charge in [-0.25, -0.2) is 4.68 Å². The molecule has 1 amide bonds. The maximum atomic E-state index is 14.3. The van der Waals surface area contributed by atoms with Crippen LogP contribution in [0.2, 0.25) is 5.02 Å². The fraction of sp³-hybridized carbons (Fsp3) is 0.391. The Hall–Kier alpha value is -3.46. The SMILES string of the molecule is Cn1nc(C(F)(F)C(F)(F)F)c(C2CC2)c1-n1cc(-c2ccc(Cl)c(C(=O)NC3(C#N)CC3)c2)cn1. The van der Waals surface area contributed by atoms with Crippen LogP contribution in [0.5, 0.6) is 0 Å². The Morgan fingerprint density at radius 1 is 1.22 bits per heavy atom. The zero-order valence-corrected chi connectivity index (χ0v) is 19.5. The lowest BCUT2D eigenvalue weighted by Crippen LogP contribution is -2.35. The molecule has 2 saturated carbocycles. The van der Waals surface area contributed by atoms with Gasteiger partial charge >= 0.3 is 12.1 Å². The first-order valence-corrected chi connectivity index (χ1v) is 11.4. The summed E-state index contributed by atoms with van der Waals surface area (Å²) in [5.41, 5.74) is -1.28. The van der Waals surface area contributed by atoms with Crippen LogP contribution >= 0.6 is 11.6 Å². The van der Waals surface area contributed by atoms with Gasteiger partial charge < -0.3 is 5.32 Å². The van der Waals surface area contributed by atoms with E-state index in [4.69, 9.17) is 11.6 Å². The Labute approximate surface area is 206 Å². The number of alkyl halides is 5. The molecule has 0 saturated heterocycles. The van der Waals surface area contributed by atoms with Crippen molar-refractivity contribution in [3.05, 3.63) is 52.4 Å². The molecule has 2 aromatic heterocycles. The molecule has 188 valence electrons. The minimum atomic E-state index is -5.79. The van der Waals surface area contributed by atoms with Crippen LogP contribution in [0, 0.1) is 11.3 Å². The van der Waals surface area contributed by atoms with Crippen molar-refractivity contribution < 1.29 is 26.7 Å². The lowest BCUT2D eigenvalue weighted by Gasteiger charge is -2.18. The average Bonchev–Trinajstić information content (AvgIpc) is 3.72. The van der Waals surface area contributed by atoms with Gasteiger partial charge in [0.25, 0.3) is 5.91 Å². The standard InChI is InChI=1S/C23H18ClF5N6O/c1-34-20(17(12-2-3-12)18(33-34)22(25,26)23(27,28)29)35-10-14(9-31-35)13-4-5-16(24)15(8-13)19(36)32-21(11-30)6-7-21/h4-5,8-10,12H,2-3,6-7H2,1H3,(H,32,36). The second-order valence-electron chi connectivity index (χ2n) is 9.07. The molecule has 0 atom stereocenters. The Morgan fingerprint density at radius 2 is 1.92 bits per heavy atom. The molecule has 0 aliphatic heterocycles. The number of halogens is 6. The summed E-state index contributed by atoms with van der Waals surface area (Å²) in [5, 5.41) is 19.8. The minimum absolute atomic E-state index is 0.0132. The largest absolute Gasteiger partial charge is 0.459 e. The van der Waals surface area contributed by atoms with E-state index in [1.165, 1.54) is 36.3 Å². The van der Waals surface area contributed by atoms with Crippen LogP contribution in [0.15, 0.2) is 30.6 Å². The highest BCUT2D eigenvalue weighted by molar-refractivity contribution is 6.34. The van der Waals surface area contributed by atoms with E-state index in [0.29, 0.717) is 36.8 Å². The van der Waals surface area contributed by atoms with Crippen LogP contribution in [0.25, 0.3) is 16.9 Å². The van der Waals surface area contributed by atoms with Gasteiger partial charge in [-0.1, -0.05) is 17.7 Å². The van der Waals surface area contributed by atoms with Gasteiger partial charge in [-0.3, -0.25) is 9.48 Å². The number of benzene rings is 1. The predicted molar refractivity (Wildman–Crippen MR) is 118 cm³/mol. The van der Waals surface area contributed by atoms with Crippen molar-refractivity contribution in [2.24, 2.45) is 7.05 Å². The van der Waals surface area contributed by atoms with Crippen LogP contribution < -0.4 is 5.32 Å². The van der Waals surface area contributed by atoms with Crippen LogP contribution in [0.4, 0.5) is 22.0 Å². The number of rotatable bonds is 6. The molecule has 2 heterocycles. The Kier molecular flexibility index (Phi) is 5.41. The fourth-order valence-corrected chi connectivity index (χ4v) is 4.26. The molecule has 3 aromatic rings. The Morgan fingerprint density at radius 3 is 2.50 bits per heavy atom. The van der Waals surface area contributed by atoms with Gasteiger partial charge in [-0.05, 0) is 49.3 Å². The molecule has 7 nitrogen and oxygen atoms in total. The normalized spacial score (nSPS) is 17.1. The number of carbonyl (C=O) groups excluding carboxylic acids is 1. The molecule has 13 heteroatoms. The van der Waals surface area contributed by atoms with E-state index in [-0.39, 0.29) is 22.0 Å². The van der Waals surface area contributed by atoms with Crippen molar-refractivity contribution in [1.82, 2.24) is 24.9 Å². The lowest BCUT2D eigenvalue weighted by molar-refractivity contribution is -0.291. The van der Waals surface area contributed by atoms with E-state index < -0.39 is 35.2 Å². The van der Waals surface area contributed by atoms with Crippen LogP contribution in [-0.4, -0.2) is 37.2 Å². The molecule has 1 N–H and O–H groups in total. The second kappa shape index (κ2) is 8.03. The number of nitriles is 1. The monoisotopic (exact) mass is 524 g/mol. The maximum absolute atomic E-state index is 14.3. The molecule has 0 spiro atoms. The van der Waals surface area contributed by atoms with Gasteiger partial charge in [0.05, 0.1) is 22.9 Å². The molecule has 1 aromatic carbocycles. The third-order valence-corrected chi connectivity index (χ3v) is 6.68. The van der Waals surface area contributed by atoms with Gasteiger partial charge in [0.15, 0.2) is 5.82 Å². The molecule has 2 aliphatic rings. The molecular formula is C23H18ClF5N6O. The first-order chi connectivity index (χ1) is 16.9. The number of amides is 1. The number of carbonyl (C=O) groups is 1. The van der Waals surface area contributed by atoms with Crippen molar-refractivity contribution in [2.45, 2.75) is 49.2 Å². The number of nitrogens with zero attached hydrogens (tertiary/aromatic N) is 5. The number of nitrogens with one attached hydrogen (secondary N) is 1. The third-order valence-electron chi connectivity index (χ3n) is 6.35. The van der Waals surface area contributed by atoms with Gasteiger partial charge in [-0.2, -0.15) is 37.4 Å². The summed E-state index contributed by atoms with van der Waals surface area (Å²) in [7, 11) is 1.28. The molecular weight excluding hydrogens is 507 g/mol. The highest BCUT2D eigenvalue weighted by Crippen LogP contribution is 2.52. The fourth-order valence-electron chi connectivity index (χ4n) is 4.06. The smallest absolute Gasteiger partial charge is 0.334 e. The van der Waals surface area contributed by atoms with Gasteiger partial charge in [0, 0.05) is 24.4 Å². The van der Waals surface area contributed by atoms with Crippen molar-refractivity contribution in [1.29, 1.82) is 5.26 Å². The average molecular weight is 525 g/mol. The van der Waals surface area contributed by atoms with Crippen LogP contribution in [0.1, 0.15) is 53.2 Å². The van der Waals surface area contributed by atoms with E-state index in [2.05, 4.69) is 21.6 Å². The highest BCUT2D eigenvalue weighted by atomic mass is 35.5. The van der Waals surface area contributed by atoms with Crippen molar-refractivity contribution in [2.75, 3.05) is 0 Å². The summed E-state index contributed by atoms with van der Waals surface area (Å²) in [6.45, 7) is 0. The summed E-state index contributed by atoms with van der Waals surface area (Å²) in [6.07, 6.45) is -0.913. The molecule has 36 heavy (non-hydrogen) atoms. The van der Waals surface area contributed by atoms with E-state index in [1.807, 2.05) is 0 Å². The van der Waals surface area contributed by atoms with E-state index in [1.54, 1.807) is 6.07 Å². The van der Waals surface area contributed by atoms with Crippen LogP contribution in [0.3, 0.4) is 0 Å². The lowest BCUT2D eigenvalue weighted by atomic mass is 10.0. The van der Waals surface area contributed by atoms with Gasteiger partial charge in [-0.15, -0.1) is 0 Å². The highest BCUT2D eigenvalue weighted by Gasteiger charge is 2.62. The zero-order chi connectivity index (χ0) is 26.0. The number of aryl methyl sites for hydroxylation is 1. The van der Waals surface area contributed by atoms with E-state index >= 15 is 0 Å². The second-order valence-corrected chi connectivity index (χ2v) is 9.48. The first kappa shape index (κ1) is 24.2. The molecule has 2 aliphatic carbocycles. The summed E-state index contributed by atoms with van der Waals surface area (Å²) in [4.78, 5) is 12.7. The topological polar surface area (TPSA) is 88.5 Å². The minimum Gasteiger partial charge on any atom is -0.334 e. The Balaban J connectivity index is 1.52. The molecule has 0 unspecified atom stereocenters. The van der Waals surface area contributed by atoms with E-state index in [9.17, 15) is 32.0 Å². The first-order valence-electron chi connectivity index (χ1n) is 11.0. The van der Waals surface area contributed by atoms with Gasteiger partial charge in [0.1, 0.15) is 11.2 Å². The third kappa shape index (κ3) is 4.01. The summed E-state index contributed by atoms with van der Waals surface area (Å²) >= 11 is 6.20. The summed E-state index contributed by atoms with van der Waals surface area (Å²) in [6, 6.07) is 6.68. The number of hydrogen-bond acceptors (Lipinski definition) is 4. The Bertz CT molecular complexity index is 1410. The number of aromatic nitrogens is 4. The van der Waals surface area contributed by atoms with Gasteiger partial charge in [0.2, 0.25) is 0 Å².